The van der Waals surface area contributed by atoms with Crippen LogP contribution in [-0.2, 0) is 6.42 Å². The lowest BCUT2D eigenvalue weighted by Crippen LogP contribution is -2.52. The molecule has 1 aromatic rings. The maximum atomic E-state index is 3.67. The predicted octanol–water partition coefficient (Wildman–Crippen LogP) is 2.94. The van der Waals surface area contributed by atoms with Gasteiger partial charge >= 0.3 is 0 Å². The van der Waals surface area contributed by atoms with E-state index in [0.29, 0.717) is 6.04 Å². The van der Waals surface area contributed by atoms with E-state index in [0.717, 1.165) is 18.9 Å². The number of nitrogens with one attached hydrogen (secondary N) is 1. The van der Waals surface area contributed by atoms with Gasteiger partial charge in [0.15, 0.2) is 0 Å². The van der Waals surface area contributed by atoms with Gasteiger partial charge in [0.1, 0.15) is 0 Å². The lowest BCUT2D eigenvalue weighted by Gasteiger charge is -2.35. The zero-order valence-electron chi connectivity index (χ0n) is 12.4. The lowest BCUT2D eigenvalue weighted by atomic mass is 10.00. The molecule has 1 saturated heterocycles. The van der Waals surface area contributed by atoms with Gasteiger partial charge in [-0.3, -0.25) is 0 Å². The molecule has 1 aliphatic heterocycles. The van der Waals surface area contributed by atoms with E-state index < -0.39 is 0 Å². The van der Waals surface area contributed by atoms with Crippen LogP contribution in [0.2, 0.25) is 0 Å². The maximum Gasteiger partial charge on any atom is 0.0235 e. The highest BCUT2D eigenvalue weighted by Gasteiger charge is 2.20. The molecule has 0 radical (unpaired) electrons. The van der Waals surface area contributed by atoms with Crippen molar-refractivity contribution in [1.82, 2.24) is 10.2 Å². The molecule has 0 spiro atoms. The van der Waals surface area contributed by atoms with Gasteiger partial charge in [-0.1, -0.05) is 57.0 Å². The first-order valence-electron chi connectivity index (χ1n) is 7.81. The molecule has 1 N–H and O–H groups in total. The Labute approximate surface area is 118 Å². The molecule has 1 fully saturated rings. The van der Waals surface area contributed by atoms with E-state index in [1.54, 1.807) is 0 Å². The minimum absolute atomic E-state index is 0.616. The van der Waals surface area contributed by atoms with Crippen molar-refractivity contribution in [1.29, 1.82) is 0 Å². The number of benzene rings is 1. The van der Waals surface area contributed by atoms with Crippen LogP contribution in [0.15, 0.2) is 30.3 Å². The molecule has 0 bridgehead atoms. The summed E-state index contributed by atoms with van der Waals surface area (Å²) in [4.78, 5) is 2.65. The molecule has 1 aliphatic rings. The largest absolute Gasteiger partial charge is 0.311 e. The molecule has 0 aliphatic carbocycles. The Morgan fingerprint density at radius 2 is 1.95 bits per heavy atom. The SMILES string of the molecule is CCC(CC)CN1CCNC(Cc2ccccc2)C1. The van der Waals surface area contributed by atoms with E-state index in [2.05, 4.69) is 54.4 Å². The van der Waals surface area contributed by atoms with Crippen LogP contribution >= 0.6 is 0 Å². The molecule has 19 heavy (non-hydrogen) atoms. The van der Waals surface area contributed by atoms with Crippen molar-refractivity contribution in [3.8, 4) is 0 Å². The Morgan fingerprint density at radius 1 is 1.21 bits per heavy atom. The smallest absolute Gasteiger partial charge is 0.0235 e. The molecule has 0 saturated carbocycles. The van der Waals surface area contributed by atoms with Gasteiger partial charge in [0, 0.05) is 32.2 Å². The third kappa shape index (κ3) is 4.63. The van der Waals surface area contributed by atoms with Crippen LogP contribution in [0.25, 0.3) is 0 Å². The van der Waals surface area contributed by atoms with Crippen molar-refractivity contribution in [3.05, 3.63) is 35.9 Å². The monoisotopic (exact) mass is 260 g/mol. The molecule has 1 aromatic carbocycles. The Hall–Kier alpha value is -0.860. The first-order chi connectivity index (χ1) is 9.31. The Bertz CT molecular complexity index is 346. The number of piperazine rings is 1. The topological polar surface area (TPSA) is 15.3 Å². The van der Waals surface area contributed by atoms with Crippen molar-refractivity contribution in [2.45, 2.75) is 39.2 Å². The third-order valence-corrected chi connectivity index (χ3v) is 4.34. The normalized spacial score (nSPS) is 20.9. The van der Waals surface area contributed by atoms with E-state index in [4.69, 9.17) is 0 Å². The van der Waals surface area contributed by atoms with Gasteiger partial charge in [-0.2, -0.15) is 0 Å². The van der Waals surface area contributed by atoms with Crippen LogP contribution in [-0.4, -0.2) is 37.1 Å². The highest BCUT2D eigenvalue weighted by Crippen LogP contribution is 2.13. The minimum Gasteiger partial charge on any atom is -0.311 e. The molecule has 1 unspecified atom stereocenters. The van der Waals surface area contributed by atoms with Gasteiger partial charge in [0.05, 0.1) is 0 Å². The minimum atomic E-state index is 0.616. The summed E-state index contributed by atoms with van der Waals surface area (Å²) in [6.07, 6.45) is 3.77. The maximum absolute atomic E-state index is 3.67. The predicted molar refractivity (Wildman–Crippen MR) is 82.4 cm³/mol. The zero-order valence-corrected chi connectivity index (χ0v) is 12.4. The van der Waals surface area contributed by atoms with Crippen molar-refractivity contribution in [2.24, 2.45) is 5.92 Å². The van der Waals surface area contributed by atoms with E-state index in [1.807, 2.05) is 0 Å². The summed E-state index contributed by atoms with van der Waals surface area (Å²) in [6, 6.07) is 11.5. The Balaban J connectivity index is 1.83. The standard InChI is InChI=1S/C17H28N2/c1-3-15(4-2)13-19-11-10-18-17(14-19)12-16-8-6-5-7-9-16/h5-9,15,17-18H,3-4,10-14H2,1-2H3. The number of hydrogen-bond acceptors (Lipinski definition) is 2. The van der Waals surface area contributed by atoms with Crippen LogP contribution in [0.4, 0.5) is 0 Å². The van der Waals surface area contributed by atoms with Crippen molar-refractivity contribution in [2.75, 3.05) is 26.2 Å². The molecule has 2 rings (SSSR count). The van der Waals surface area contributed by atoms with Gasteiger partial charge < -0.3 is 10.2 Å². The summed E-state index contributed by atoms with van der Waals surface area (Å²) < 4.78 is 0. The summed E-state index contributed by atoms with van der Waals surface area (Å²) in [5.74, 6) is 0.871. The van der Waals surface area contributed by atoms with E-state index in [-0.39, 0.29) is 0 Å². The van der Waals surface area contributed by atoms with Crippen molar-refractivity contribution in [3.63, 3.8) is 0 Å². The van der Waals surface area contributed by atoms with Crippen LogP contribution in [0, 0.1) is 5.92 Å². The Kier molecular flexibility index (Phi) is 5.87. The van der Waals surface area contributed by atoms with Crippen LogP contribution < -0.4 is 5.32 Å². The van der Waals surface area contributed by atoms with Crippen LogP contribution in [0.5, 0.6) is 0 Å². The summed E-state index contributed by atoms with van der Waals surface area (Å²) in [5, 5.41) is 3.67. The molecule has 2 heteroatoms. The van der Waals surface area contributed by atoms with Gasteiger partial charge in [-0.05, 0) is 17.9 Å². The second kappa shape index (κ2) is 7.66. The first kappa shape index (κ1) is 14.5. The second-order valence-electron chi connectivity index (χ2n) is 5.78. The van der Waals surface area contributed by atoms with Crippen molar-refractivity contribution < 1.29 is 0 Å². The number of rotatable bonds is 6. The average Bonchev–Trinajstić information content (AvgIpc) is 2.46. The van der Waals surface area contributed by atoms with Crippen molar-refractivity contribution >= 4 is 0 Å². The molecule has 0 aromatic heterocycles. The zero-order chi connectivity index (χ0) is 13.5. The molecule has 2 nitrogen and oxygen atoms in total. The molecule has 106 valence electrons. The molecule has 0 amide bonds. The van der Waals surface area contributed by atoms with Gasteiger partial charge in [0.25, 0.3) is 0 Å². The molecular formula is C17H28N2. The van der Waals surface area contributed by atoms with E-state index >= 15 is 0 Å². The van der Waals surface area contributed by atoms with Crippen LogP contribution in [0.1, 0.15) is 32.3 Å². The number of nitrogens with zero attached hydrogens (tertiary/aromatic N) is 1. The summed E-state index contributed by atoms with van der Waals surface area (Å²) in [6.45, 7) is 9.46. The first-order valence-corrected chi connectivity index (χ1v) is 7.81. The summed E-state index contributed by atoms with van der Waals surface area (Å²) in [5.41, 5.74) is 1.45. The summed E-state index contributed by atoms with van der Waals surface area (Å²) in [7, 11) is 0. The fourth-order valence-corrected chi connectivity index (χ4v) is 3.01. The van der Waals surface area contributed by atoms with Crippen LogP contribution in [0.3, 0.4) is 0 Å². The Morgan fingerprint density at radius 3 is 2.63 bits per heavy atom. The molecule has 1 heterocycles. The second-order valence-corrected chi connectivity index (χ2v) is 5.78. The van der Waals surface area contributed by atoms with E-state index in [9.17, 15) is 0 Å². The quantitative estimate of drug-likeness (QED) is 0.846. The fraction of sp³-hybridized carbons (Fsp3) is 0.647. The van der Waals surface area contributed by atoms with Gasteiger partial charge in [0.2, 0.25) is 0 Å². The third-order valence-electron chi connectivity index (χ3n) is 4.34. The fourth-order valence-electron chi connectivity index (χ4n) is 3.01. The van der Waals surface area contributed by atoms with Gasteiger partial charge in [-0.15, -0.1) is 0 Å². The number of hydrogen-bond donors (Lipinski definition) is 1. The summed E-state index contributed by atoms with van der Waals surface area (Å²) >= 11 is 0. The molecule has 1 atom stereocenters. The highest BCUT2D eigenvalue weighted by molar-refractivity contribution is 5.16. The lowest BCUT2D eigenvalue weighted by molar-refractivity contribution is 0.168. The van der Waals surface area contributed by atoms with Gasteiger partial charge in [-0.25, -0.2) is 0 Å². The molecular weight excluding hydrogens is 232 g/mol. The average molecular weight is 260 g/mol. The highest BCUT2D eigenvalue weighted by atomic mass is 15.2. The van der Waals surface area contributed by atoms with E-state index in [1.165, 1.54) is 38.0 Å².